The Bertz CT molecular complexity index is 604. The Morgan fingerprint density at radius 1 is 1.22 bits per heavy atom. The number of allylic oxidation sites excluding steroid dienone is 5. The highest BCUT2D eigenvalue weighted by atomic mass is 16.5. The van der Waals surface area contributed by atoms with Crippen LogP contribution >= 0.6 is 0 Å². The molecule has 0 radical (unpaired) electrons. The number of aliphatic hydroxyl groups is 2. The predicted molar refractivity (Wildman–Crippen MR) is 90.0 cm³/mol. The molecule has 2 fully saturated rings. The van der Waals surface area contributed by atoms with Crippen molar-refractivity contribution >= 4 is 0 Å². The first kappa shape index (κ1) is 15.3. The SMILES string of the molecule is CO[C@H]1CC2C=C(O)C=C[C@]2(C)[C@H]2CC[C@]3(C)C(O)=CC[C@H]3[C@H]12. The van der Waals surface area contributed by atoms with E-state index in [1.807, 2.05) is 25.3 Å². The highest BCUT2D eigenvalue weighted by molar-refractivity contribution is 5.29. The zero-order valence-corrected chi connectivity index (χ0v) is 14.3. The van der Waals surface area contributed by atoms with Gasteiger partial charge < -0.3 is 14.9 Å². The van der Waals surface area contributed by atoms with Gasteiger partial charge in [-0.3, -0.25) is 0 Å². The van der Waals surface area contributed by atoms with Crippen molar-refractivity contribution in [1.82, 2.24) is 0 Å². The van der Waals surface area contributed by atoms with Crippen LogP contribution in [0, 0.1) is 34.5 Å². The summed E-state index contributed by atoms with van der Waals surface area (Å²) in [4.78, 5) is 0. The van der Waals surface area contributed by atoms with Gasteiger partial charge in [-0.2, -0.15) is 0 Å². The second-order valence-electron chi connectivity index (χ2n) is 8.48. The molecule has 4 aliphatic carbocycles. The van der Waals surface area contributed by atoms with E-state index in [0.29, 0.717) is 35.2 Å². The minimum atomic E-state index is -0.0719. The lowest BCUT2D eigenvalue weighted by atomic mass is 9.46. The quantitative estimate of drug-likeness (QED) is 0.747. The van der Waals surface area contributed by atoms with Crippen molar-refractivity contribution in [3.63, 3.8) is 0 Å². The van der Waals surface area contributed by atoms with Crippen LogP contribution in [0.15, 0.2) is 35.8 Å². The number of aliphatic hydroxyl groups excluding tert-OH is 2. The van der Waals surface area contributed by atoms with Gasteiger partial charge in [0.15, 0.2) is 0 Å². The molecule has 3 heteroatoms. The van der Waals surface area contributed by atoms with E-state index in [1.165, 1.54) is 0 Å². The average Bonchev–Trinajstić information content (AvgIpc) is 2.83. The number of methoxy groups -OCH3 is 1. The van der Waals surface area contributed by atoms with Gasteiger partial charge in [0.1, 0.15) is 5.76 Å². The highest BCUT2D eigenvalue weighted by Gasteiger charge is 2.60. The zero-order valence-electron chi connectivity index (χ0n) is 14.3. The van der Waals surface area contributed by atoms with Gasteiger partial charge in [0.2, 0.25) is 0 Å². The van der Waals surface area contributed by atoms with Crippen molar-refractivity contribution in [3.05, 3.63) is 35.8 Å². The summed E-state index contributed by atoms with van der Waals surface area (Å²) in [5.41, 5.74) is 0.0168. The van der Waals surface area contributed by atoms with Gasteiger partial charge in [-0.25, -0.2) is 0 Å². The number of hydrogen-bond acceptors (Lipinski definition) is 3. The summed E-state index contributed by atoms with van der Waals surface area (Å²) in [6, 6.07) is 0. The van der Waals surface area contributed by atoms with Crippen LogP contribution in [-0.4, -0.2) is 23.4 Å². The third-order valence-corrected chi connectivity index (χ3v) is 7.67. The number of hydrogen-bond donors (Lipinski definition) is 2. The lowest BCUT2D eigenvalue weighted by Gasteiger charge is -2.59. The molecule has 0 heterocycles. The molecule has 0 amide bonds. The molecule has 0 aliphatic heterocycles. The van der Waals surface area contributed by atoms with Gasteiger partial charge in [-0.15, -0.1) is 0 Å². The van der Waals surface area contributed by atoms with Crippen LogP contribution in [0.4, 0.5) is 0 Å². The molecule has 4 aliphatic rings. The van der Waals surface area contributed by atoms with Gasteiger partial charge in [-0.05, 0) is 73.0 Å². The van der Waals surface area contributed by atoms with Gasteiger partial charge in [0, 0.05) is 12.5 Å². The molecule has 126 valence electrons. The van der Waals surface area contributed by atoms with E-state index in [4.69, 9.17) is 4.74 Å². The lowest BCUT2D eigenvalue weighted by Crippen LogP contribution is -2.56. The highest BCUT2D eigenvalue weighted by Crippen LogP contribution is 2.64. The second-order valence-corrected chi connectivity index (χ2v) is 8.48. The summed E-state index contributed by atoms with van der Waals surface area (Å²) in [7, 11) is 1.82. The molecule has 0 aromatic rings. The Kier molecular flexibility index (Phi) is 3.26. The molecule has 0 spiro atoms. The Morgan fingerprint density at radius 3 is 2.74 bits per heavy atom. The maximum absolute atomic E-state index is 10.4. The molecule has 1 unspecified atom stereocenters. The van der Waals surface area contributed by atoms with Crippen LogP contribution in [0.5, 0.6) is 0 Å². The van der Waals surface area contributed by atoms with E-state index in [2.05, 4.69) is 19.9 Å². The smallest absolute Gasteiger partial charge is 0.111 e. The first-order valence-corrected chi connectivity index (χ1v) is 8.92. The zero-order chi connectivity index (χ0) is 16.4. The van der Waals surface area contributed by atoms with Crippen LogP contribution in [0.1, 0.15) is 39.5 Å². The number of ether oxygens (including phenoxy) is 1. The second kappa shape index (κ2) is 4.89. The molecule has 0 bridgehead atoms. The number of rotatable bonds is 1. The fourth-order valence-corrected chi connectivity index (χ4v) is 6.20. The average molecular weight is 316 g/mol. The van der Waals surface area contributed by atoms with Crippen molar-refractivity contribution in [3.8, 4) is 0 Å². The lowest BCUT2D eigenvalue weighted by molar-refractivity contribution is -0.134. The van der Waals surface area contributed by atoms with Crippen LogP contribution < -0.4 is 0 Å². The Morgan fingerprint density at radius 2 is 2.00 bits per heavy atom. The molecule has 0 aromatic heterocycles. The summed E-state index contributed by atoms with van der Waals surface area (Å²) in [5.74, 6) is 2.81. The largest absolute Gasteiger partial charge is 0.512 e. The summed E-state index contributed by atoms with van der Waals surface area (Å²) in [6.07, 6.45) is 12.5. The molecule has 7 atom stereocenters. The Labute approximate surface area is 138 Å². The van der Waals surface area contributed by atoms with Crippen LogP contribution in [0.3, 0.4) is 0 Å². The van der Waals surface area contributed by atoms with E-state index in [0.717, 1.165) is 25.7 Å². The van der Waals surface area contributed by atoms with E-state index in [1.54, 1.807) is 0 Å². The molecular weight excluding hydrogens is 288 g/mol. The van der Waals surface area contributed by atoms with Gasteiger partial charge in [-0.1, -0.05) is 19.9 Å². The van der Waals surface area contributed by atoms with Crippen LogP contribution in [0.2, 0.25) is 0 Å². The van der Waals surface area contributed by atoms with Crippen molar-refractivity contribution in [1.29, 1.82) is 0 Å². The third-order valence-electron chi connectivity index (χ3n) is 7.67. The summed E-state index contributed by atoms with van der Waals surface area (Å²) >= 11 is 0. The maximum atomic E-state index is 10.4. The van der Waals surface area contributed by atoms with Crippen LogP contribution in [0.25, 0.3) is 0 Å². The standard InChI is InChI=1S/C20H28O3/c1-19-8-6-13(21)10-12(19)11-16(23-3)18-14-4-5-17(22)20(14,2)9-7-15(18)19/h5-6,8,10,12,14-16,18,21-22H,4,7,9,11H2,1-3H3/t12?,14-,15-,16-,18-,19-,20-/m0/s1. The topological polar surface area (TPSA) is 49.7 Å². The molecular formula is C20H28O3. The fourth-order valence-electron chi connectivity index (χ4n) is 6.20. The predicted octanol–water partition coefficient (Wildman–Crippen LogP) is 4.53. The molecule has 3 nitrogen and oxygen atoms in total. The summed E-state index contributed by atoms with van der Waals surface area (Å²) in [6.45, 7) is 4.59. The Hall–Kier alpha value is -1.22. The van der Waals surface area contributed by atoms with Crippen LogP contribution in [-0.2, 0) is 4.74 Å². The minimum Gasteiger partial charge on any atom is -0.512 e. The first-order valence-electron chi connectivity index (χ1n) is 8.92. The summed E-state index contributed by atoms with van der Waals surface area (Å²) in [5, 5.41) is 20.4. The molecule has 0 saturated heterocycles. The molecule has 23 heavy (non-hydrogen) atoms. The van der Waals surface area contributed by atoms with E-state index < -0.39 is 0 Å². The molecule has 2 saturated carbocycles. The van der Waals surface area contributed by atoms with Crippen molar-refractivity contribution in [2.45, 2.75) is 45.6 Å². The minimum absolute atomic E-state index is 0.0719. The Balaban J connectivity index is 1.74. The van der Waals surface area contributed by atoms with Crippen molar-refractivity contribution < 1.29 is 14.9 Å². The van der Waals surface area contributed by atoms with Gasteiger partial charge in [0.05, 0.1) is 11.9 Å². The van der Waals surface area contributed by atoms with Crippen molar-refractivity contribution in [2.24, 2.45) is 34.5 Å². The summed E-state index contributed by atoms with van der Waals surface area (Å²) < 4.78 is 5.94. The van der Waals surface area contributed by atoms with E-state index >= 15 is 0 Å². The maximum Gasteiger partial charge on any atom is 0.111 e. The monoisotopic (exact) mass is 316 g/mol. The normalized spacial score (nSPS) is 51.3. The van der Waals surface area contributed by atoms with Gasteiger partial charge in [0.25, 0.3) is 0 Å². The molecule has 4 rings (SSSR count). The van der Waals surface area contributed by atoms with Crippen molar-refractivity contribution in [2.75, 3.05) is 7.11 Å². The first-order chi connectivity index (χ1) is 10.9. The van der Waals surface area contributed by atoms with E-state index in [9.17, 15) is 10.2 Å². The number of fused-ring (bicyclic) bond motifs is 5. The molecule has 2 N–H and O–H groups in total. The molecule has 0 aromatic carbocycles. The fraction of sp³-hybridized carbons (Fsp3) is 0.700. The third kappa shape index (κ3) is 1.92. The van der Waals surface area contributed by atoms with E-state index in [-0.39, 0.29) is 16.9 Å². The van der Waals surface area contributed by atoms with Gasteiger partial charge >= 0.3 is 0 Å².